The number of carbonyl (C=O) groups excluding carboxylic acids is 2. The number of aliphatic carboxylic acids is 1. The molecule has 10 nitrogen and oxygen atoms in total. The molecule has 0 saturated carbocycles. The molecule has 0 bridgehead atoms. The van der Waals surface area contributed by atoms with Crippen molar-refractivity contribution in [1.82, 2.24) is 20.6 Å². The van der Waals surface area contributed by atoms with Gasteiger partial charge in [0.25, 0.3) is 0 Å². The Morgan fingerprint density at radius 2 is 1.96 bits per heavy atom. The molecule has 23 heavy (non-hydrogen) atoms. The third-order valence-electron chi connectivity index (χ3n) is 2.94. The Morgan fingerprint density at radius 1 is 1.30 bits per heavy atom. The smallest absolute Gasteiger partial charge is 0.326 e. The molecule has 3 atom stereocenters. The van der Waals surface area contributed by atoms with Crippen LogP contribution >= 0.6 is 12.6 Å². The molecule has 1 rings (SSSR count). The standard InChI is InChI=1S/C12H19N5O5S/c13-7(4-23)10(19)17-9(3-18)11(20)16-8(12(21)22)1-6-2-14-5-15-6/h2,5,7-9,18,23H,1,3-4,13H2,(H,14,15)(H,16,20)(H,17,19)(H,21,22)/t7-,8-,9-/m0/s1. The summed E-state index contributed by atoms with van der Waals surface area (Å²) >= 11 is 3.85. The van der Waals surface area contributed by atoms with E-state index in [1.54, 1.807) is 0 Å². The van der Waals surface area contributed by atoms with E-state index in [-0.39, 0.29) is 12.2 Å². The highest BCUT2D eigenvalue weighted by Crippen LogP contribution is 2.00. The van der Waals surface area contributed by atoms with Crippen molar-refractivity contribution in [2.45, 2.75) is 24.5 Å². The first-order chi connectivity index (χ1) is 10.9. The van der Waals surface area contributed by atoms with Gasteiger partial charge in [-0.2, -0.15) is 12.6 Å². The van der Waals surface area contributed by atoms with Gasteiger partial charge in [-0.3, -0.25) is 9.59 Å². The fourth-order valence-corrected chi connectivity index (χ4v) is 1.81. The summed E-state index contributed by atoms with van der Waals surface area (Å²) in [5, 5.41) is 22.8. The number of carbonyl (C=O) groups is 3. The summed E-state index contributed by atoms with van der Waals surface area (Å²) in [5.41, 5.74) is 5.97. The van der Waals surface area contributed by atoms with Gasteiger partial charge in [0.05, 0.1) is 19.0 Å². The predicted octanol–water partition coefficient (Wildman–Crippen LogP) is -2.74. The number of nitrogens with two attached hydrogens (primary N) is 1. The monoisotopic (exact) mass is 345 g/mol. The van der Waals surface area contributed by atoms with Crippen LogP contribution in [0.3, 0.4) is 0 Å². The molecule has 0 spiro atoms. The van der Waals surface area contributed by atoms with Crippen molar-refractivity contribution < 1.29 is 24.6 Å². The molecule has 0 aliphatic rings. The first-order valence-corrected chi connectivity index (χ1v) is 7.30. The number of thiol groups is 1. The SMILES string of the molecule is N[C@@H](CS)C(=O)N[C@@H](CO)C(=O)N[C@@H](Cc1cnc[nH]1)C(=O)O. The minimum atomic E-state index is -1.31. The summed E-state index contributed by atoms with van der Waals surface area (Å²) in [6.07, 6.45) is 2.79. The van der Waals surface area contributed by atoms with Gasteiger partial charge >= 0.3 is 5.97 Å². The molecule has 0 aromatic carbocycles. The maximum Gasteiger partial charge on any atom is 0.326 e. The Kier molecular flexibility index (Phi) is 7.51. The number of nitrogens with one attached hydrogen (secondary N) is 3. The van der Waals surface area contributed by atoms with E-state index in [4.69, 9.17) is 10.8 Å². The summed E-state index contributed by atoms with van der Waals surface area (Å²) in [6.45, 7) is -0.701. The maximum absolute atomic E-state index is 12.0. The first-order valence-electron chi connectivity index (χ1n) is 6.67. The highest BCUT2D eigenvalue weighted by molar-refractivity contribution is 7.80. The molecule has 7 N–H and O–H groups in total. The lowest BCUT2D eigenvalue weighted by atomic mass is 10.1. The molecule has 2 amide bonds. The summed E-state index contributed by atoms with van der Waals surface area (Å²) in [5.74, 6) is -2.71. The van der Waals surface area contributed by atoms with Gasteiger partial charge in [0.15, 0.2) is 0 Å². The van der Waals surface area contributed by atoms with Gasteiger partial charge in [-0.05, 0) is 0 Å². The molecule has 0 radical (unpaired) electrons. The number of hydrogen-bond donors (Lipinski definition) is 7. The molecule has 0 fully saturated rings. The Bertz CT molecular complexity index is 538. The zero-order valence-corrected chi connectivity index (χ0v) is 13.0. The maximum atomic E-state index is 12.0. The number of hydrogen-bond acceptors (Lipinski definition) is 7. The lowest BCUT2D eigenvalue weighted by Gasteiger charge is -2.20. The summed E-state index contributed by atoms with van der Waals surface area (Å²) in [7, 11) is 0. The van der Waals surface area contributed by atoms with Gasteiger partial charge in [-0.1, -0.05) is 0 Å². The van der Waals surface area contributed by atoms with Gasteiger partial charge in [0.1, 0.15) is 12.1 Å². The van der Waals surface area contributed by atoms with Crippen molar-refractivity contribution in [3.8, 4) is 0 Å². The number of rotatable bonds is 9. The molecule has 0 saturated heterocycles. The average molecular weight is 345 g/mol. The Balaban J connectivity index is 2.68. The van der Waals surface area contributed by atoms with Crippen LogP contribution in [0, 0.1) is 0 Å². The van der Waals surface area contributed by atoms with Gasteiger partial charge < -0.3 is 31.6 Å². The second-order valence-corrected chi connectivity index (χ2v) is 5.08. The number of aromatic nitrogens is 2. The number of nitrogens with zero attached hydrogens (tertiary/aromatic N) is 1. The Hall–Kier alpha value is -2.11. The Labute approximate surface area is 137 Å². The van der Waals surface area contributed by atoms with Crippen molar-refractivity contribution in [2.24, 2.45) is 5.73 Å². The van der Waals surface area contributed by atoms with Gasteiger partial charge in [-0.25, -0.2) is 9.78 Å². The highest BCUT2D eigenvalue weighted by Gasteiger charge is 2.27. The molecule has 128 valence electrons. The van der Waals surface area contributed by atoms with Crippen LogP contribution < -0.4 is 16.4 Å². The van der Waals surface area contributed by atoms with E-state index < -0.39 is 42.5 Å². The van der Waals surface area contributed by atoms with E-state index >= 15 is 0 Å². The van der Waals surface area contributed by atoms with E-state index in [1.165, 1.54) is 12.5 Å². The van der Waals surface area contributed by atoms with Crippen LogP contribution in [0.25, 0.3) is 0 Å². The summed E-state index contributed by atoms with van der Waals surface area (Å²) in [6, 6.07) is -3.50. The quantitative estimate of drug-likeness (QED) is 0.238. The lowest BCUT2D eigenvalue weighted by molar-refractivity contribution is -0.142. The zero-order valence-electron chi connectivity index (χ0n) is 12.1. The molecule has 0 unspecified atom stereocenters. The predicted molar refractivity (Wildman–Crippen MR) is 82.7 cm³/mol. The summed E-state index contributed by atoms with van der Waals surface area (Å²) < 4.78 is 0. The van der Waals surface area contributed by atoms with Crippen molar-refractivity contribution in [3.63, 3.8) is 0 Å². The van der Waals surface area contributed by atoms with E-state index in [0.717, 1.165) is 0 Å². The fourth-order valence-electron chi connectivity index (χ4n) is 1.64. The van der Waals surface area contributed by atoms with Crippen LogP contribution in [0.5, 0.6) is 0 Å². The number of carboxylic acid groups (broad SMARTS) is 1. The molecular formula is C12H19N5O5S. The topological polar surface area (TPSA) is 170 Å². The number of H-pyrrole nitrogens is 1. The van der Waals surface area contributed by atoms with Gasteiger partial charge in [-0.15, -0.1) is 0 Å². The molecule has 1 aromatic heterocycles. The van der Waals surface area contributed by atoms with E-state index in [1.807, 2.05) is 0 Å². The van der Waals surface area contributed by atoms with Crippen molar-refractivity contribution >= 4 is 30.4 Å². The van der Waals surface area contributed by atoms with Crippen LogP contribution in [0.2, 0.25) is 0 Å². The molecule has 0 aliphatic heterocycles. The first kappa shape index (κ1) is 18.9. The summed E-state index contributed by atoms with van der Waals surface area (Å²) in [4.78, 5) is 41.3. The minimum absolute atomic E-state index is 0.0245. The minimum Gasteiger partial charge on any atom is -0.480 e. The van der Waals surface area contributed by atoms with Crippen LogP contribution in [-0.2, 0) is 20.8 Å². The lowest BCUT2D eigenvalue weighted by Crippen LogP contribution is -2.56. The van der Waals surface area contributed by atoms with Gasteiger partial charge in [0, 0.05) is 24.1 Å². The van der Waals surface area contributed by atoms with Gasteiger partial charge in [0.2, 0.25) is 11.8 Å². The molecule has 0 aliphatic carbocycles. The van der Waals surface area contributed by atoms with E-state index in [9.17, 15) is 19.5 Å². The zero-order chi connectivity index (χ0) is 17.4. The Morgan fingerprint density at radius 3 is 2.43 bits per heavy atom. The van der Waals surface area contributed by atoms with Crippen molar-refractivity contribution in [1.29, 1.82) is 0 Å². The molecule has 11 heteroatoms. The third kappa shape index (κ3) is 5.88. The normalized spacial score (nSPS) is 14.6. The number of imidazole rings is 1. The number of amides is 2. The second-order valence-electron chi connectivity index (χ2n) is 4.71. The molecule has 1 heterocycles. The number of aliphatic hydroxyl groups is 1. The average Bonchev–Trinajstić information content (AvgIpc) is 3.03. The van der Waals surface area contributed by atoms with Crippen LogP contribution in [0.1, 0.15) is 5.69 Å². The van der Waals surface area contributed by atoms with Crippen molar-refractivity contribution in [3.05, 3.63) is 18.2 Å². The van der Waals surface area contributed by atoms with Crippen LogP contribution in [0.4, 0.5) is 0 Å². The highest BCUT2D eigenvalue weighted by atomic mass is 32.1. The molecular weight excluding hydrogens is 326 g/mol. The second kappa shape index (κ2) is 9.12. The largest absolute Gasteiger partial charge is 0.480 e. The van der Waals surface area contributed by atoms with E-state index in [2.05, 4.69) is 33.2 Å². The number of carboxylic acids is 1. The van der Waals surface area contributed by atoms with Crippen LogP contribution in [0.15, 0.2) is 12.5 Å². The van der Waals surface area contributed by atoms with Crippen LogP contribution in [-0.4, -0.2) is 68.4 Å². The number of aliphatic hydroxyl groups excluding tert-OH is 1. The van der Waals surface area contributed by atoms with E-state index in [0.29, 0.717) is 5.69 Å². The molecule has 1 aromatic rings. The van der Waals surface area contributed by atoms with Crippen molar-refractivity contribution in [2.75, 3.05) is 12.4 Å². The number of aromatic amines is 1. The third-order valence-corrected chi connectivity index (χ3v) is 3.34. The fraction of sp³-hybridized carbons (Fsp3) is 0.500.